The fourth-order valence-electron chi connectivity index (χ4n) is 5.22. The SMILES string of the molecule is C=C(NC(C)(C)c1ncc2c(SC3CCCC3)cccn12)C1C2CNCC21. The number of aromatic nitrogens is 2. The molecule has 2 saturated carbocycles. The molecule has 2 aromatic heterocycles. The molecule has 1 saturated heterocycles. The minimum Gasteiger partial charge on any atom is -0.377 e. The molecule has 0 aromatic carbocycles. The first-order valence-corrected chi connectivity index (χ1v) is 11.2. The Morgan fingerprint density at radius 3 is 2.78 bits per heavy atom. The van der Waals surface area contributed by atoms with E-state index < -0.39 is 0 Å². The van der Waals surface area contributed by atoms with Crippen molar-refractivity contribution in [2.24, 2.45) is 17.8 Å². The fraction of sp³-hybridized carbons (Fsp3) is 0.591. The summed E-state index contributed by atoms with van der Waals surface area (Å²) in [6.07, 6.45) is 9.65. The summed E-state index contributed by atoms with van der Waals surface area (Å²) >= 11 is 2.04. The van der Waals surface area contributed by atoms with Gasteiger partial charge < -0.3 is 15.0 Å². The van der Waals surface area contributed by atoms with E-state index in [1.165, 1.54) is 41.8 Å². The van der Waals surface area contributed by atoms with Crippen LogP contribution in [0.1, 0.15) is 45.4 Å². The Bertz CT molecular complexity index is 854. The molecule has 2 atom stereocenters. The van der Waals surface area contributed by atoms with Gasteiger partial charge in [0.25, 0.3) is 0 Å². The molecule has 5 rings (SSSR count). The van der Waals surface area contributed by atoms with Crippen LogP contribution in [0.5, 0.6) is 0 Å². The molecule has 2 aliphatic carbocycles. The molecule has 3 heterocycles. The minimum absolute atomic E-state index is 0.246. The van der Waals surface area contributed by atoms with Gasteiger partial charge in [0.15, 0.2) is 0 Å². The van der Waals surface area contributed by atoms with Crippen molar-refractivity contribution in [3.63, 3.8) is 0 Å². The van der Waals surface area contributed by atoms with Gasteiger partial charge in [-0.3, -0.25) is 0 Å². The number of nitrogens with one attached hydrogen (secondary N) is 2. The quantitative estimate of drug-likeness (QED) is 0.787. The van der Waals surface area contributed by atoms with E-state index in [9.17, 15) is 0 Å². The molecule has 2 aromatic rings. The highest BCUT2D eigenvalue weighted by Crippen LogP contribution is 2.52. The Kier molecular flexibility index (Phi) is 4.28. The topological polar surface area (TPSA) is 41.4 Å². The molecule has 144 valence electrons. The number of thioether (sulfide) groups is 1. The fourth-order valence-corrected chi connectivity index (χ4v) is 6.58. The molecule has 5 heteroatoms. The van der Waals surface area contributed by atoms with Crippen LogP contribution < -0.4 is 10.6 Å². The van der Waals surface area contributed by atoms with Gasteiger partial charge in [0, 0.05) is 28.0 Å². The average molecular weight is 383 g/mol. The lowest BCUT2D eigenvalue weighted by molar-refractivity contribution is 0.401. The summed E-state index contributed by atoms with van der Waals surface area (Å²) in [4.78, 5) is 6.20. The van der Waals surface area contributed by atoms with Crippen molar-refractivity contribution in [3.8, 4) is 0 Å². The second-order valence-corrected chi connectivity index (χ2v) is 10.4. The molecule has 2 unspecified atom stereocenters. The summed E-state index contributed by atoms with van der Waals surface area (Å²) in [5.41, 5.74) is 2.17. The summed E-state index contributed by atoms with van der Waals surface area (Å²) in [6, 6.07) is 4.42. The maximum atomic E-state index is 4.84. The van der Waals surface area contributed by atoms with E-state index in [0.29, 0.717) is 5.92 Å². The second kappa shape index (κ2) is 6.56. The van der Waals surface area contributed by atoms with Crippen LogP contribution in [0.4, 0.5) is 0 Å². The van der Waals surface area contributed by atoms with Crippen molar-refractivity contribution in [1.29, 1.82) is 0 Å². The third-order valence-corrected chi connectivity index (χ3v) is 8.06. The van der Waals surface area contributed by atoms with Crippen LogP contribution >= 0.6 is 11.8 Å². The highest BCUT2D eigenvalue weighted by molar-refractivity contribution is 8.00. The molecule has 3 aliphatic rings. The molecule has 1 aliphatic heterocycles. The van der Waals surface area contributed by atoms with E-state index in [0.717, 1.165) is 36.0 Å². The third-order valence-electron chi connectivity index (χ3n) is 6.65. The molecule has 0 bridgehead atoms. The average Bonchev–Trinajstić information content (AvgIpc) is 3.12. The van der Waals surface area contributed by atoms with E-state index in [1.54, 1.807) is 0 Å². The Morgan fingerprint density at radius 1 is 1.30 bits per heavy atom. The van der Waals surface area contributed by atoms with E-state index in [1.807, 2.05) is 11.8 Å². The number of fused-ring (bicyclic) bond motifs is 2. The Morgan fingerprint density at radius 2 is 2.04 bits per heavy atom. The van der Waals surface area contributed by atoms with Crippen LogP contribution in [0.3, 0.4) is 0 Å². The molecule has 2 N–H and O–H groups in total. The molecule has 3 fully saturated rings. The number of rotatable bonds is 6. The summed E-state index contributed by atoms with van der Waals surface area (Å²) < 4.78 is 2.27. The number of nitrogens with zero attached hydrogens (tertiary/aromatic N) is 2. The zero-order valence-corrected chi connectivity index (χ0v) is 17.2. The monoisotopic (exact) mass is 382 g/mol. The molecular formula is C22H30N4S. The third kappa shape index (κ3) is 3.09. The first-order chi connectivity index (χ1) is 13.0. The van der Waals surface area contributed by atoms with Crippen molar-refractivity contribution in [3.05, 3.63) is 42.6 Å². The largest absolute Gasteiger partial charge is 0.377 e. The van der Waals surface area contributed by atoms with E-state index in [2.05, 4.69) is 60.0 Å². The Hall–Kier alpha value is -1.46. The summed E-state index contributed by atoms with van der Waals surface area (Å²) in [6.45, 7) is 11.1. The highest BCUT2D eigenvalue weighted by atomic mass is 32.2. The first-order valence-electron chi connectivity index (χ1n) is 10.4. The second-order valence-electron chi connectivity index (χ2n) is 9.02. The summed E-state index contributed by atoms with van der Waals surface area (Å²) in [5.74, 6) is 3.26. The van der Waals surface area contributed by atoms with Crippen molar-refractivity contribution >= 4 is 17.3 Å². The van der Waals surface area contributed by atoms with Crippen molar-refractivity contribution in [2.75, 3.05) is 13.1 Å². The van der Waals surface area contributed by atoms with Gasteiger partial charge in [-0.05, 0) is 63.7 Å². The van der Waals surface area contributed by atoms with E-state index in [4.69, 9.17) is 4.98 Å². The maximum Gasteiger partial charge on any atom is 0.138 e. The normalized spacial score (nSPS) is 27.9. The molecule has 4 nitrogen and oxygen atoms in total. The van der Waals surface area contributed by atoms with Crippen LogP contribution in [-0.4, -0.2) is 27.7 Å². The van der Waals surface area contributed by atoms with Crippen LogP contribution in [0.2, 0.25) is 0 Å². The molecule has 27 heavy (non-hydrogen) atoms. The number of pyridine rings is 1. The number of allylic oxidation sites excluding steroid dienone is 1. The molecule has 0 amide bonds. The van der Waals surface area contributed by atoms with Crippen molar-refractivity contribution in [2.45, 2.75) is 55.2 Å². The van der Waals surface area contributed by atoms with Gasteiger partial charge in [-0.25, -0.2) is 4.98 Å². The van der Waals surface area contributed by atoms with Crippen LogP contribution in [0.25, 0.3) is 5.52 Å². The minimum atomic E-state index is -0.246. The van der Waals surface area contributed by atoms with Crippen molar-refractivity contribution < 1.29 is 0 Å². The van der Waals surface area contributed by atoms with Crippen LogP contribution in [-0.2, 0) is 5.54 Å². The van der Waals surface area contributed by atoms with Crippen LogP contribution in [0.15, 0.2) is 41.7 Å². The zero-order valence-electron chi connectivity index (χ0n) is 16.4. The van der Waals surface area contributed by atoms with E-state index >= 15 is 0 Å². The standard InChI is InChI=1S/C22H30N4S/c1-14(20-16-11-23-12-17(16)20)25-22(2,3)21-24-13-18-19(9-6-10-26(18)21)27-15-7-4-5-8-15/h6,9-10,13,15-17,20,23,25H,1,4-5,7-8,11-12H2,2-3H3. The Balaban J connectivity index is 1.38. The van der Waals surface area contributed by atoms with Gasteiger partial charge in [-0.15, -0.1) is 11.8 Å². The molecular weight excluding hydrogens is 352 g/mol. The maximum absolute atomic E-state index is 4.84. The van der Waals surface area contributed by atoms with Gasteiger partial charge in [-0.1, -0.05) is 19.4 Å². The summed E-state index contributed by atoms with van der Waals surface area (Å²) in [7, 11) is 0. The number of imidazole rings is 1. The lowest BCUT2D eigenvalue weighted by atomic mass is 10.0. The van der Waals surface area contributed by atoms with Gasteiger partial charge >= 0.3 is 0 Å². The summed E-state index contributed by atoms with van der Waals surface area (Å²) in [5, 5.41) is 7.96. The predicted octanol–water partition coefficient (Wildman–Crippen LogP) is 4.17. The number of hydrogen-bond acceptors (Lipinski definition) is 4. The predicted molar refractivity (Wildman–Crippen MR) is 112 cm³/mol. The number of piperidine rings is 1. The van der Waals surface area contributed by atoms with Crippen molar-refractivity contribution in [1.82, 2.24) is 20.0 Å². The highest BCUT2D eigenvalue weighted by Gasteiger charge is 2.54. The van der Waals surface area contributed by atoms with Crippen LogP contribution in [0, 0.1) is 17.8 Å². The zero-order chi connectivity index (χ0) is 18.6. The van der Waals surface area contributed by atoms with Gasteiger partial charge in [0.1, 0.15) is 5.82 Å². The lowest BCUT2D eigenvalue weighted by Crippen LogP contribution is -2.38. The lowest BCUT2D eigenvalue weighted by Gasteiger charge is -2.28. The molecule has 0 spiro atoms. The number of hydrogen-bond donors (Lipinski definition) is 2. The van der Waals surface area contributed by atoms with Gasteiger partial charge in [0.05, 0.1) is 17.3 Å². The Labute approximate surface area is 166 Å². The van der Waals surface area contributed by atoms with Gasteiger partial charge in [0.2, 0.25) is 0 Å². The smallest absolute Gasteiger partial charge is 0.138 e. The first kappa shape index (κ1) is 17.6. The van der Waals surface area contributed by atoms with Gasteiger partial charge in [-0.2, -0.15) is 0 Å². The van der Waals surface area contributed by atoms with E-state index in [-0.39, 0.29) is 5.54 Å². The molecule has 0 radical (unpaired) electrons.